The Morgan fingerprint density at radius 3 is 2.90 bits per heavy atom. The largest absolute Gasteiger partial charge is 0.332 e. The molecule has 2 aromatic rings. The molecule has 0 amide bonds. The number of aliphatic imine (C=N–C) groups is 1. The molecule has 0 spiro atoms. The van der Waals surface area contributed by atoms with E-state index in [-0.39, 0.29) is 6.04 Å². The number of anilines is 1. The van der Waals surface area contributed by atoms with E-state index < -0.39 is 0 Å². The van der Waals surface area contributed by atoms with Gasteiger partial charge >= 0.3 is 0 Å². The van der Waals surface area contributed by atoms with Crippen LogP contribution in [0.1, 0.15) is 43.6 Å². The van der Waals surface area contributed by atoms with Gasteiger partial charge in [-0.1, -0.05) is 31.7 Å². The lowest BCUT2D eigenvalue weighted by molar-refractivity contribution is 0.651. The molecule has 1 fully saturated rings. The molecule has 1 aliphatic heterocycles. The van der Waals surface area contributed by atoms with Crippen molar-refractivity contribution in [2.75, 3.05) is 17.6 Å². The lowest BCUT2D eigenvalue weighted by Crippen LogP contribution is -2.36. The summed E-state index contributed by atoms with van der Waals surface area (Å²) in [6, 6.07) is 9.51. The summed E-state index contributed by atoms with van der Waals surface area (Å²) in [6.45, 7) is 7.16. The number of rotatable bonds is 5. The molecule has 8 heteroatoms. The van der Waals surface area contributed by atoms with Gasteiger partial charge < -0.3 is 5.32 Å². The van der Waals surface area contributed by atoms with Crippen LogP contribution in [-0.4, -0.2) is 43.5 Å². The van der Waals surface area contributed by atoms with Crippen molar-refractivity contribution in [2.45, 2.75) is 39.2 Å². The molecule has 0 bridgehead atoms. The van der Waals surface area contributed by atoms with Gasteiger partial charge in [-0.05, 0) is 43.3 Å². The first-order valence-corrected chi connectivity index (χ1v) is 11.0. The third kappa shape index (κ3) is 5.52. The minimum absolute atomic E-state index is 0.0667. The maximum Gasteiger partial charge on any atom is 0.179 e. The maximum absolute atomic E-state index is 9.07. The van der Waals surface area contributed by atoms with Gasteiger partial charge in [-0.3, -0.25) is 19.9 Å². The van der Waals surface area contributed by atoms with Gasteiger partial charge in [-0.25, -0.2) is 0 Å². The Morgan fingerprint density at radius 1 is 1.34 bits per heavy atom. The van der Waals surface area contributed by atoms with Crippen LogP contribution in [-0.2, 0) is 6.42 Å². The topological polar surface area (TPSA) is 77.2 Å². The lowest BCUT2D eigenvalue weighted by atomic mass is 10.0. The number of benzene rings is 1. The van der Waals surface area contributed by atoms with E-state index in [1.54, 1.807) is 36.3 Å². The van der Waals surface area contributed by atoms with Gasteiger partial charge in [-0.2, -0.15) is 5.26 Å². The maximum atomic E-state index is 9.07. The molecule has 1 N–H and O–H groups in total. The first-order chi connectivity index (χ1) is 14.0. The molecule has 150 valence electrons. The second-order valence-electron chi connectivity index (χ2n) is 7.13. The summed E-state index contributed by atoms with van der Waals surface area (Å²) in [7, 11) is 0. The van der Waals surface area contributed by atoms with Crippen molar-refractivity contribution in [3.8, 4) is 6.07 Å². The van der Waals surface area contributed by atoms with Crippen molar-refractivity contribution >= 4 is 39.9 Å². The third-order valence-corrected chi connectivity index (χ3v) is 5.73. The molecule has 0 saturated carbocycles. The number of nitriles is 1. The van der Waals surface area contributed by atoms with Gasteiger partial charge in [0.25, 0.3) is 0 Å². The molecule has 0 aliphatic carbocycles. The van der Waals surface area contributed by atoms with E-state index in [0.717, 1.165) is 41.0 Å². The summed E-state index contributed by atoms with van der Waals surface area (Å²) in [5.41, 5.74) is 3.44. The Hall–Kier alpha value is -2.50. The number of amidine groups is 1. The fraction of sp³-hybridized carbons (Fsp3) is 0.381. The fourth-order valence-electron chi connectivity index (χ4n) is 3.09. The molecular weight excluding hydrogens is 400 g/mol. The molecule has 1 aliphatic rings. The van der Waals surface area contributed by atoms with Crippen molar-refractivity contribution in [1.82, 2.24) is 14.9 Å². The number of thioether (sulfide) groups is 1. The smallest absolute Gasteiger partial charge is 0.179 e. The second kappa shape index (κ2) is 9.81. The predicted molar refractivity (Wildman–Crippen MR) is 123 cm³/mol. The van der Waals surface area contributed by atoms with Gasteiger partial charge in [0.1, 0.15) is 0 Å². The van der Waals surface area contributed by atoms with Crippen LogP contribution in [0.25, 0.3) is 0 Å². The standard InChI is InChI=1S/C21H24N6S2/c1-14(2)19-18(23-7-8-24-19)11-15(3)25-21-27(9-10-29-21)20(28)26-17-6-4-5-16(12-17)13-22/h4-8,12,14-15H,9-11H2,1-3H3,(H,26,28). The van der Waals surface area contributed by atoms with E-state index >= 15 is 0 Å². The number of hydrogen-bond acceptors (Lipinski definition) is 6. The zero-order valence-electron chi connectivity index (χ0n) is 16.8. The lowest BCUT2D eigenvalue weighted by Gasteiger charge is -2.21. The zero-order chi connectivity index (χ0) is 20.8. The Balaban J connectivity index is 1.70. The van der Waals surface area contributed by atoms with Gasteiger partial charge in [0.2, 0.25) is 0 Å². The van der Waals surface area contributed by atoms with Gasteiger partial charge in [-0.15, -0.1) is 0 Å². The number of nitrogens with one attached hydrogen (secondary N) is 1. The Morgan fingerprint density at radius 2 is 2.14 bits per heavy atom. The molecule has 2 heterocycles. The van der Waals surface area contributed by atoms with Crippen LogP contribution in [0.15, 0.2) is 41.7 Å². The normalized spacial score (nSPS) is 16.1. The highest BCUT2D eigenvalue weighted by Crippen LogP contribution is 2.22. The number of nitrogens with zero attached hydrogens (tertiary/aromatic N) is 5. The summed E-state index contributed by atoms with van der Waals surface area (Å²) < 4.78 is 0. The average molecular weight is 425 g/mol. The van der Waals surface area contributed by atoms with Crippen molar-refractivity contribution in [2.24, 2.45) is 4.99 Å². The molecule has 1 atom stereocenters. The second-order valence-corrected chi connectivity index (χ2v) is 8.58. The van der Waals surface area contributed by atoms with Crippen LogP contribution in [0.4, 0.5) is 5.69 Å². The van der Waals surface area contributed by atoms with Gasteiger partial charge in [0, 0.05) is 36.8 Å². The average Bonchev–Trinajstić information content (AvgIpc) is 3.16. The molecule has 1 unspecified atom stereocenters. The summed E-state index contributed by atoms with van der Waals surface area (Å²) in [6.07, 6.45) is 4.23. The first-order valence-electron chi connectivity index (χ1n) is 9.57. The van der Waals surface area contributed by atoms with Crippen LogP contribution in [0, 0.1) is 11.3 Å². The molecular formula is C21H24N6S2. The minimum Gasteiger partial charge on any atom is -0.332 e. The van der Waals surface area contributed by atoms with Crippen LogP contribution in [0.3, 0.4) is 0 Å². The molecule has 1 aromatic heterocycles. The van der Waals surface area contributed by atoms with Gasteiger partial charge in [0.05, 0.1) is 29.1 Å². The molecule has 0 radical (unpaired) electrons. The van der Waals surface area contributed by atoms with Crippen molar-refractivity contribution in [3.05, 3.63) is 53.6 Å². The number of hydrogen-bond donors (Lipinski definition) is 1. The fourth-order valence-corrected chi connectivity index (χ4v) is 4.49. The minimum atomic E-state index is 0.0667. The first kappa shape index (κ1) is 21.2. The van der Waals surface area contributed by atoms with Crippen LogP contribution >= 0.6 is 24.0 Å². The Bertz CT molecular complexity index is 950. The van der Waals surface area contributed by atoms with E-state index in [9.17, 15) is 0 Å². The Labute approximate surface area is 181 Å². The van der Waals surface area contributed by atoms with E-state index in [1.165, 1.54) is 0 Å². The molecule has 3 rings (SSSR count). The summed E-state index contributed by atoms with van der Waals surface area (Å²) in [4.78, 5) is 15.9. The quantitative estimate of drug-likeness (QED) is 0.721. The molecule has 1 saturated heterocycles. The predicted octanol–water partition coefficient (Wildman–Crippen LogP) is 4.20. The third-order valence-electron chi connectivity index (χ3n) is 4.44. The summed E-state index contributed by atoms with van der Waals surface area (Å²) >= 11 is 7.31. The van der Waals surface area contributed by atoms with Crippen LogP contribution in [0.2, 0.25) is 0 Å². The zero-order valence-corrected chi connectivity index (χ0v) is 18.4. The van der Waals surface area contributed by atoms with E-state index in [4.69, 9.17) is 22.5 Å². The van der Waals surface area contributed by atoms with Crippen molar-refractivity contribution in [1.29, 1.82) is 5.26 Å². The highest BCUT2D eigenvalue weighted by atomic mass is 32.2. The Kier molecular flexibility index (Phi) is 7.18. The van der Waals surface area contributed by atoms with E-state index in [1.807, 2.05) is 17.0 Å². The van der Waals surface area contributed by atoms with Crippen molar-refractivity contribution < 1.29 is 0 Å². The molecule has 29 heavy (non-hydrogen) atoms. The molecule has 1 aromatic carbocycles. The molecule has 6 nitrogen and oxygen atoms in total. The summed E-state index contributed by atoms with van der Waals surface area (Å²) in [5.74, 6) is 1.27. The highest BCUT2D eigenvalue weighted by Gasteiger charge is 2.24. The van der Waals surface area contributed by atoms with E-state index in [2.05, 4.69) is 42.1 Å². The summed E-state index contributed by atoms with van der Waals surface area (Å²) in [5, 5.41) is 13.8. The van der Waals surface area contributed by atoms with Crippen molar-refractivity contribution in [3.63, 3.8) is 0 Å². The monoisotopic (exact) mass is 424 g/mol. The van der Waals surface area contributed by atoms with Crippen LogP contribution in [0.5, 0.6) is 0 Å². The number of aromatic nitrogens is 2. The van der Waals surface area contributed by atoms with Gasteiger partial charge in [0.15, 0.2) is 10.3 Å². The number of thiocarbonyl (C=S) groups is 1. The SMILES string of the molecule is CC(Cc1nccnc1C(C)C)N=C1SCCN1C(=S)Nc1cccc(C#N)c1. The highest BCUT2D eigenvalue weighted by molar-refractivity contribution is 8.14. The van der Waals surface area contributed by atoms with E-state index in [0.29, 0.717) is 16.6 Å². The van der Waals surface area contributed by atoms with Crippen LogP contribution < -0.4 is 5.32 Å².